The monoisotopic (exact) mass is 435 g/mol. The number of hydrogen-bond donors (Lipinski definition) is 1. The highest BCUT2D eigenvalue weighted by Gasteiger charge is 2.15. The van der Waals surface area contributed by atoms with Gasteiger partial charge in [-0.3, -0.25) is 9.36 Å². The molecule has 0 aliphatic carbocycles. The third-order valence-electron chi connectivity index (χ3n) is 4.55. The lowest BCUT2D eigenvalue weighted by molar-refractivity contribution is -0.113. The van der Waals surface area contributed by atoms with Crippen LogP contribution in [0.25, 0.3) is 5.69 Å². The first-order valence-electron chi connectivity index (χ1n) is 10.00. The second-order valence-corrected chi connectivity index (χ2v) is 8.07. The Hall–Kier alpha value is -3.31. The van der Waals surface area contributed by atoms with Gasteiger partial charge >= 0.3 is 0 Å². The van der Waals surface area contributed by atoms with Crippen LogP contribution in [0.2, 0.25) is 0 Å². The predicted molar refractivity (Wildman–Crippen MR) is 122 cm³/mol. The van der Waals surface area contributed by atoms with Crippen LogP contribution in [-0.4, -0.2) is 33.0 Å². The number of nitriles is 1. The molecule has 0 atom stereocenters. The molecule has 0 bridgehead atoms. The molecule has 7 nitrogen and oxygen atoms in total. The van der Waals surface area contributed by atoms with Crippen LogP contribution in [0.4, 0.5) is 5.69 Å². The Kier molecular flexibility index (Phi) is 7.68. The average Bonchev–Trinajstić information content (AvgIpc) is 3.12. The molecular formula is C23H25N5O2S. The van der Waals surface area contributed by atoms with Gasteiger partial charge in [0.05, 0.1) is 24.1 Å². The number of carbonyl (C=O) groups is 1. The van der Waals surface area contributed by atoms with Crippen molar-refractivity contribution in [2.45, 2.75) is 38.8 Å². The summed E-state index contributed by atoms with van der Waals surface area (Å²) in [6.45, 7) is 6.46. The van der Waals surface area contributed by atoms with Gasteiger partial charge in [-0.2, -0.15) is 5.26 Å². The van der Waals surface area contributed by atoms with E-state index in [1.165, 1.54) is 11.8 Å². The summed E-state index contributed by atoms with van der Waals surface area (Å²) in [5.74, 6) is 1.50. The number of unbranched alkanes of at least 4 members (excludes halogenated alkanes) is 1. The summed E-state index contributed by atoms with van der Waals surface area (Å²) in [4.78, 5) is 12.5. The van der Waals surface area contributed by atoms with E-state index >= 15 is 0 Å². The first-order valence-corrected chi connectivity index (χ1v) is 11.0. The van der Waals surface area contributed by atoms with Crippen LogP contribution in [0, 0.1) is 32.1 Å². The molecule has 160 valence electrons. The SMILES string of the molecule is Cc1ccc(C)c(-n2c(C)nnc2SCC(=O)Nc2cccc(OCCCC#N)c2)c1. The standard InChI is InChI=1S/C23H25N5O2S/c1-16-9-10-17(2)21(13-16)28-18(3)26-27-23(28)31-15-22(29)25-19-7-6-8-20(14-19)30-12-5-4-11-24/h6-10,13-14H,4-5,12,15H2,1-3H3,(H,25,29). The predicted octanol–water partition coefficient (Wildman–Crippen LogP) is 4.61. The highest BCUT2D eigenvalue weighted by molar-refractivity contribution is 7.99. The van der Waals surface area contributed by atoms with Crippen molar-refractivity contribution in [3.63, 3.8) is 0 Å². The molecule has 8 heteroatoms. The minimum absolute atomic E-state index is 0.139. The minimum Gasteiger partial charge on any atom is -0.493 e. The van der Waals surface area contributed by atoms with Crippen molar-refractivity contribution in [2.75, 3.05) is 17.7 Å². The fourth-order valence-electron chi connectivity index (χ4n) is 3.01. The first-order chi connectivity index (χ1) is 15.0. The van der Waals surface area contributed by atoms with E-state index in [1.807, 2.05) is 43.5 Å². The lowest BCUT2D eigenvalue weighted by atomic mass is 10.1. The number of hydrogen-bond acceptors (Lipinski definition) is 6. The molecule has 3 aromatic rings. The summed E-state index contributed by atoms with van der Waals surface area (Å²) in [6, 6.07) is 15.6. The Bertz CT molecular complexity index is 1100. The fourth-order valence-corrected chi connectivity index (χ4v) is 3.80. The highest BCUT2D eigenvalue weighted by Crippen LogP contribution is 2.25. The number of aromatic nitrogens is 3. The Balaban J connectivity index is 1.62. The van der Waals surface area contributed by atoms with Crippen molar-refractivity contribution in [3.8, 4) is 17.5 Å². The highest BCUT2D eigenvalue weighted by atomic mass is 32.2. The van der Waals surface area contributed by atoms with Crippen molar-refractivity contribution < 1.29 is 9.53 Å². The number of nitrogens with zero attached hydrogens (tertiary/aromatic N) is 4. The van der Waals surface area contributed by atoms with E-state index in [2.05, 4.69) is 39.8 Å². The molecule has 31 heavy (non-hydrogen) atoms. The molecule has 0 spiro atoms. The summed E-state index contributed by atoms with van der Waals surface area (Å²) >= 11 is 1.34. The van der Waals surface area contributed by atoms with Gasteiger partial charge in [-0.25, -0.2) is 0 Å². The van der Waals surface area contributed by atoms with Gasteiger partial charge in [0.15, 0.2) is 5.16 Å². The molecular weight excluding hydrogens is 410 g/mol. The molecule has 0 saturated heterocycles. The Morgan fingerprint density at radius 3 is 2.84 bits per heavy atom. The number of ether oxygens (including phenoxy) is 1. The van der Waals surface area contributed by atoms with Gasteiger partial charge < -0.3 is 10.1 Å². The smallest absolute Gasteiger partial charge is 0.234 e. The zero-order valence-corrected chi connectivity index (χ0v) is 18.7. The van der Waals surface area contributed by atoms with E-state index < -0.39 is 0 Å². The quantitative estimate of drug-likeness (QED) is 0.390. The van der Waals surface area contributed by atoms with Crippen LogP contribution in [-0.2, 0) is 4.79 Å². The normalized spacial score (nSPS) is 10.5. The molecule has 1 amide bonds. The van der Waals surface area contributed by atoms with E-state index in [1.54, 1.807) is 6.07 Å². The van der Waals surface area contributed by atoms with E-state index in [0.29, 0.717) is 36.0 Å². The van der Waals surface area contributed by atoms with Crippen LogP contribution in [0.5, 0.6) is 5.75 Å². The summed E-state index contributed by atoms with van der Waals surface area (Å²) in [7, 11) is 0. The molecule has 0 fully saturated rings. The minimum atomic E-state index is -0.139. The molecule has 0 aliphatic rings. The van der Waals surface area contributed by atoms with Gasteiger partial charge in [-0.1, -0.05) is 30.0 Å². The Labute approximate surface area is 186 Å². The zero-order valence-electron chi connectivity index (χ0n) is 17.9. The molecule has 3 rings (SSSR count). The Morgan fingerprint density at radius 2 is 2.03 bits per heavy atom. The third kappa shape index (κ3) is 6.09. The first kappa shape index (κ1) is 22.4. The lowest BCUT2D eigenvalue weighted by Gasteiger charge is -2.12. The molecule has 2 aromatic carbocycles. The molecule has 0 aliphatic heterocycles. The molecule has 1 aromatic heterocycles. The number of aryl methyl sites for hydroxylation is 3. The summed E-state index contributed by atoms with van der Waals surface area (Å²) in [5.41, 5.74) is 3.95. The maximum atomic E-state index is 12.5. The van der Waals surface area contributed by atoms with Crippen LogP contribution in [0.3, 0.4) is 0 Å². The number of benzene rings is 2. The van der Waals surface area contributed by atoms with Crippen molar-refractivity contribution in [1.29, 1.82) is 5.26 Å². The second-order valence-electron chi connectivity index (χ2n) is 7.13. The van der Waals surface area contributed by atoms with Crippen molar-refractivity contribution >= 4 is 23.4 Å². The average molecular weight is 436 g/mol. The van der Waals surface area contributed by atoms with Crippen LogP contribution >= 0.6 is 11.8 Å². The third-order valence-corrected chi connectivity index (χ3v) is 5.48. The fraction of sp³-hybridized carbons (Fsp3) is 0.304. The summed E-state index contributed by atoms with van der Waals surface area (Å²) in [6.07, 6.45) is 1.13. The van der Waals surface area contributed by atoms with Gasteiger partial charge in [0.1, 0.15) is 11.6 Å². The van der Waals surface area contributed by atoms with Gasteiger partial charge in [0, 0.05) is 18.2 Å². The van der Waals surface area contributed by atoms with E-state index in [-0.39, 0.29) is 11.7 Å². The molecule has 0 saturated carbocycles. The molecule has 1 heterocycles. The van der Waals surface area contributed by atoms with Crippen molar-refractivity contribution in [2.24, 2.45) is 0 Å². The van der Waals surface area contributed by atoms with Gasteiger partial charge in [0.25, 0.3) is 0 Å². The number of thioether (sulfide) groups is 1. The van der Waals surface area contributed by atoms with Gasteiger partial charge in [0.2, 0.25) is 5.91 Å². The second kappa shape index (κ2) is 10.6. The van der Waals surface area contributed by atoms with Crippen molar-refractivity contribution in [1.82, 2.24) is 14.8 Å². The summed E-state index contributed by atoms with van der Waals surface area (Å²) in [5, 5.41) is 20.6. The van der Waals surface area contributed by atoms with Crippen LogP contribution in [0.1, 0.15) is 29.8 Å². The van der Waals surface area contributed by atoms with Gasteiger partial charge in [-0.15, -0.1) is 10.2 Å². The number of nitrogens with one attached hydrogen (secondary N) is 1. The molecule has 0 unspecified atom stereocenters. The molecule has 1 N–H and O–H groups in total. The van der Waals surface area contributed by atoms with Crippen LogP contribution < -0.4 is 10.1 Å². The number of rotatable bonds is 9. The van der Waals surface area contributed by atoms with Crippen LogP contribution in [0.15, 0.2) is 47.6 Å². The maximum absolute atomic E-state index is 12.5. The maximum Gasteiger partial charge on any atom is 0.234 e. The van der Waals surface area contributed by atoms with E-state index in [0.717, 1.165) is 22.6 Å². The Morgan fingerprint density at radius 1 is 1.19 bits per heavy atom. The van der Waals surface area contributed by atoms with Crippen molar-refractivity contribution in [3.05, 3.63) is 59.4 Å². The lowest BCUT2D eigenvalue weighted by Crippen LogP contribution is -2.14. The number of carbonyl (C=O) groups excluding carboxylic acids is 1. The summed E-state index contributed by atoms with van der Waals surface area (Å²) < 4.78 is 7.60. The van der Waals surface area contributed by atoms with Gasteiger partial charge in [-0.05, 0) is 56.5 Å². The van der Waals surface area contributed by atoms with E-state index in [4.69, 9.17) is 10.00 Å². The zero-order chi connectivity index (χ0) is 22.2. The number of anilines is 1. The number of amides is 1. The molecule has 0 radical (unpaired) electrons. The largest absolute Gasteiger partial charge is 0.493 e. The van der Waals surface area contributed by atoms with E-state index in [9.17, 15) is 4.79 Å². The topological polar surface area (TPSA) is 92.8 Å².